The number of guanidine groups is 1. The van der Waals surface area contributed by atoms with Crippen LogP contribution in [0.5, 0.6) is 0 Å². The van der Waals surface area contributed by atoms with Crippen molar-refractivity contribution in [2.75, 3.05) is 7.05 Å². The molecule has 0 spiro atoms. The Morgan fingerprint density at radius 3 is 2.74 bits per heavy atom. The minimum absolute atomic E-state index is 0.624. The lowest BCUT2D eigenvalue weighted by Crippen LogP contribution is -2.42. The molecular formula is C13H17N5S. The zero-order valence-electron chi connectivity index (χ0n) is 11.0. The third kappa shape index (κ3) is 3.52. The first-order chi connectivity index (χ1) is 9.20. The van der Waals surface area contributed by atoms with Crippen molar-refractivity contribution in [1.29, 1.82) is 0 Å². The Kier molecular flexibility index (Phi) is 4.48. The molecule has 0 unspecified atom stereocenters. The third-order valence-corrected chi connectivity index (χ3v) is 3.63. The number of aromatic nitrogens is 1. The number of thiazole rings is 1. The summed E-state index contributed by atoms with van der Waals surface area (Å²) >= 11 is 1.64. The van der Waals surface area contributed by atoms with E-state index < -0.39 is 0 Å². The van der Waals surface area contributed by atoms with Crippen molar-refractivity contribution in [3.05, 3.63) is 46.4 Å². The van der Waals surface area contributed by atoms with E-state index in [1.54, 1.807) is 11.3 Å². The van der Waals surface area contributed by atoms with E-state index in [0.717, 1.165) is 17.9 Å². The number of aryl methyl sites for hydroxylation is 1. The van der Waals surface area contributed by atoms with E-state index in [4.69, 9.17) is 5.84 Å². The molecule has 19 heavy (non-hydrogen) atoms. The highest BCUT2D eigenvalue weighted by molar-refractivity contribution is 7.09. The number of aliphatic imine (C=N–C) groups is 1. The summed E-state index contributed by atoms with van der Waals surface area (Å²) in [6, 6.07) is 9.71. The van der Waals surface area contributed by atoms with Crippen molar-refractivity contribution in [3.63, 3.8) is 0 Å². The maximum atomic E-state index is 5.55. The average molecular weight is 275 g/mol. The van der Waals surface area contributed by atoms with Gasteiger partial charge in [0, 0.05) is 11.9 Å². The molecule has 5 nitrogen and oxygen atoms in total. The molecule has 1 aromatic carbocycles. The topological polar surface area (TPSA) is 66.5 Å². The summed E-state index contributed by atoms with van der Waals surface area (Å²) in [6.07, 6.45) is 0. The Morgan fingerprint density at radius 2 is 2.16 bits per heavy atom. The van der Waals surface area contributed by atoms with Gasteiger partial charge in [0.1, 0.15) is 0 Å². The molecule has 0 radical (unpaired) electrons. The van der Waals surface area contributed by atoms with Gasteiger partial charge in [0.05, 0.1) is 23.4 Å². The van der Waals surface area contributed by atoms with Crippen LogP contribution < -0.4 is 11.3 Å². The van der Waals surface area contributed by atoms with Gasteiger partial charge in [-0.3, -0.25) is 5.43 Å². The predicted octanol–water partition coefficient (Wildman–Crippen LogP) is 2.03. The molecule has 0 saturated heterocycles. The maximum absolute atomic E-state index is 5.55. The zero-order valence-corrected chi connectivity index (χ0v) is 11.8. The van der Waals surface area contributed by atoms with Crippen LogP contribution in [0.1, 0.15) is 10.6 Å². The Hall–Kier alpha value is -1.92. The van der Waals surface area contributed by atoms with Gasteiger partial charge in [-0.2, -0.15) is 0 Å². The van der Waals surface area contributed by atoms with E-state index in [1.165, 1.54) is 4.88 Å². The van der Waals surface area contributed by atoms with Crippen LogP contribution in [-0.2, 0) is 6.54 Å². The van der Waals surface area contributed by atoms with Crippen LogP contribution in [0.15, 0.2) is 40.8 Å². The fraction of sp³-hybridized carbons (Fsp3) is 0.231. The van der Waals surface area contributed by atoms with Crippen molar-refractivity contribution in [3.8, 4) is 0 Å². The van der Waals surface area contributed by atoms with E-state index in [9.17, 15) is 0 Å². The summed E-state index contributed by atoms with van der Waals surface area (Å²) in [5.74, 6) is 6.18. The van der Waals surface area contributed by atoms with E-state index in [-0.39, 0.29) is 0 Å². The van der Waals surface area contributed by atoms with Crippen LogP contribution in [0.3, 0.4) is 0 Å². The molecule has 3 N–H and O–H groups in total. The first-order valence-electron chi connectivity index (χ1n) is 5.91. The van der Waals surface area contributed by atoms with Gasteiger partial charge in [-0.1, -0.05) is 18.2 Å². The van der Waals surface area contributed by atoms with Crippen molar-refractivity contribution in [2.45, 2.75) is 13.5 Å². The van der Waals surface area contributed by atoms with Crippen LogP contribution in [0.2, 0.25) is 0 Å². The first-order valence-corrected chi connectivity index (χ1v) is 6.79. The average Bonchev–Trinajstić information content (AvgIpc) is 2.82. The smallest absolute Gasteiger partial charge is 0.213 e. The standard InChI is InChI=1S/C13H17N5S/c1-10-12(19-9-15-10)8-18(2)13(17-14)16-11-6-4-3-5-7-11/h3-7,9H,8,14H2,1-2H3,(H,16,17). The highest BCUT2D eigenvalue weighted by Gasteiger charge is 2.09. The van der Waals surface area contributed by atoms with Crippen molar-refractivity contribution >= 4 is 23.0 Å². The molecule has 0 aliphatic rings. The predicted molar refractivity (Wildman–Crippen MR) is 79.2 cm³/mol. The first kappa shape index (κ1) is 13.5. The molecule has 0 aliphatic carbocycles. The molecule has 0 bridgehead atoms. The van der Waals surface area contributed by atoms with Crippen LogP contribution >= 0.6 is 11.3 Å². The van der Waals surface area contributed by atoms with E-state index >= 15 is 0 Å². The Balaban J connectivity index is 2.13. The lowest BCUT2D eigenvalue weighted by Gasteiger charge is -2.20. The van der Waals surface area contributed by atoms with E-state index in [1.807, 2.05) is 54.7 Å². The molecule has 0 amide bonds. The Labute approximate surface area is 116 Å². The molecule has 0 fully saturated rings. The quantitative estimate of drug-likeness (QED) is 0.389. The molecule has 1 heterocycles. The molecule has 0 aliphatic heterocycles. The monoisotopic (exact) mass is 275 g/mol. The summed E-state index contributed by atoms with van der Waals surface area (Å²) in [4.78, 5) is 11.9. The molecule has 0 atom stereocenters. The minimum Gasteiger partial charge on any atom is -0.339 e. The molecule has 100 valence electrons. The van der Waals surface area contributed by atoms with Gasteiger partial charge in [-0.15, -0.1) is 11.3 Å². The van der Waals surface area contributed by atoms with Gasteiger partial charge in [0.2, 0.25) is 5.96 Å². The summed E-state index contributed by atoms with van der Waals surface area (Å²) in [7, 11) is 1.95. The van der Waals surface area contributed by atoms with Crippen molar-refractivity contribution < 1.29 is 0 Å². The largest absolute Gasteiger partial charge is 0.339 e. The Morgan fingerprint density at radius 1 is 1.42 bits per heavy atom. The van der Waals surface area contributed by atoms with Crippen LogP contribution in [-0.4, -0.2) is 22.9 Å². The minimum atomic E-state index is 0.624. The molecule has 2 rings (SSSR count). The van der Waals surface area contributed by atoms with Gasteiger partial charge >= 0.3 is 0 Å². The normalized spacial score (nSPS) is 11.4. The molecule has 6 heteroatoms. The number of nitrogens with zero attached hydrogens (tertiary/aromatic N) is 3. The Bertz CT molecular complexity index is 549. The highest BCUT2D eigenvalue weighted by Crippen LogP contribution is 2.15. The maximum Gasteiger partial charge on any atom is 0.213 e. The number of para-hydroxylation sites is 1. The zero-order chi connectivity index (χ0) is 13.7. The molecule has 2 aromatic rings. The number of hydrogen-bond acceptors (Lipinski definition) is 4. The number of nitrogens with one attached hydrogen (secondary N) is 1. The van der Waals surface area contributed by atoms with E-state index in [0.29, 0.717) is 5.96 Å². The third-order valence-electron chi connectivity index (χ3n) is 2.71. The lowest BCUT2D eigenvalue weighted by atomic mass is 10.3. The molecular weight excluding hydrogens is 258 g/mol. The van der Waals surface area contributed by atoms with E-state index in [2.05, 4.69) is 15.4 Å². The molecule has 0 saturated carbocycles. The van der Waals surface area contributed by atoms with Gasteiger partial charge in [0.15, 0.2) is 0 Å². The number of rotatable bonds is 3. The van der Waals surface area contributed by atoms with Crippen molar-refractivity contribution in [1.82, 2.24) is 15.3 Å². The van der Waals surface area contributed by atoms with Crippen LogP contribution in [0.4, 0.5) is 5.69 Å². The summed E-state index contributed by atoms with van der Waals surface area (Å²) in [6.45, 7) is 2.73. The number of hydrogen-bond donors (Lipinski definition) is 2. The fourth-order valence-corrected chi connectivity index (χ4v) is 2.45. The van der Waals surface area contributed by atoms with Gasteiger partial charge in [-0.05, 0) is 19.1 Å². The SMILES string of the molecule is Cc1ncsc1CN(C)C(=Nc1ccccc1)NN. The number of nitrogens with two attached hydrogens (primary N) is 1. The molecule has 1 aromatic heterocycles. The number of benzene rings is 1. The van der Waals surface area contributed by atoms with Gasteiger partial charge in [-0.25, -0.2) is 15.8 Å². The second kappa shape index (κ2) is 6.31. The summed E-state index contributed by atoms with van der Waals surface area (Å²) in [5.41, 5.74) is 6.41. The summed E-state index contributed by atoms with van der Waals surface area (Å²) < 4.78 is 0. The number of hydrazine groups is 1. The fourth-order valence-electron chi connectivity index (χ4n) is 1.62. The second-order valence-electron chi connectivity index (χ2n) is 4.13. The second-order valence-corrected chi connectivity index (χ2v) is 5.07. The highest BCUT2D eigenvalue weighted by atomic mass is 32.1. The van der Waals surface area contributed by atoms with Gasteiger partial charge in [0.25, 0.3) is 0 Å². The van der Waals surface area contributed by atoms with Crippen LogP contribution in [0, 0.1) is 6.92 Å². The van der Waals surface area contributed by atoms with Crippen molar-refractivity contribution in [2.24, 2.45) is 10.8 Å². The summed E-state index contributed by atoms with van der Waals surface area (Å²) in [5, 5.41) is 0. The lowest BCUT2D eigenvalue weighted by molar-refractivity contribution is 0.483. The van der Waals surface area contributed by atoms with Gasteiger partial charge < -0.3 is 4.90 Å². The van der Waals surface area contributed by atoms with Crippen LogP contribution in [0.25, 0.3) is 0 Å².